The lowest BCUT2D eigenvalue weighted by Crippen LogP contribution is -1.97. The maximum atomic E-state index is 5.22. The molecule has 0 bridgehead atoms. The van der Waals surface area contributed by atoms with Crippen LogP contribution in [0.15, 0.2) is 53.4 Å². The molecule has 2 N–H and O–H groups in total. The van der Waals surface area contributed by atoms with Gasteiger partial charge >= 0.3 is 0 Å². The summed E-state index contributed by atoms with van der Waals surface area (Å²) in [5.74, 6) is 6.45. The van der Waals surface area contributed by atoms with Crippen LogP contribution < -0.4 is 5.90 Å². The monoisotopic (exact) mass is 244 g/mol. The fourth-order valence-corrected chi connectivity index (χ4v) is 1.71. The largest absolute Gasteiger partial charge is 0.461 e. The lowest BCUT2D eigenvalue weighted by molar-refractivity contribution is 0.278. The Morgan fingerprint density at radius 2 is 2.33 bits per heavy atom. The quantitative estimate of drug-likeness (QED) is 0.482. The van der Waals surface area contributed by atoms with Crippen molar-refractivity contribution in [2.24, 2.45) is 5.90 Å². The van der Waals surface area contributed by atoms with E-state index in [1.807, 2.05) is 24.4 Å². The number of aromatic nitrogens is 1. The number of rotatable bonds is 6. The molecule has 18 heavy (non-hydrogen) atoms. The predicted octanol–water partition coefficient (Wildman–Crippen LogP) is 2.93. The predicted molar refractivity (Wildman–Crippen MR) is 69.1 cm³/mol. The summed E-state index contributed by atoms with van der Waals surface area (Å²) in [7, 11) is 0. The van der Waals surface area contributed by atoms with Crippen LogP contribution in [0.2, 0.25) is 0 Å². The van der Waals surface area contributed by atoms with Gasteiger partial charge in [-0.05, 0) is 49.1 Å². The summed E-state index contributed by atoms with van der Waals surface area (Å²) in [6, 6.07) is 7.64. The van der Waals surface area contributed by atoms with Gasteiger partial charge in [0.05, 0.1) is 6.26 Å². The Morgan fingerprint density at radius 3 is 3.00 bits per heavy atom. The molecule has 2 rings (SSSR count). The number of aryl methyl sites for hydroxylation is 1. The molecule has 94 valence electrons. The van der Waals surface area contributed by atoms with Crippen LogP contribution in [0, 0.1) is 0 Å². The normalized spacial score (nSPS) is 11.5. The van der Waals surface area contributed by atoms with Crippen molar-refractivity contribution in [1.29, 1.82) is 0 Å². The summed E-state index contributed by atoms with van der Waals surface area (Å²) in [6.07, 6.45) is 10.1. The van der Waals surface area contributed by atoms with E-state index in [0.717, 1.165) is 19.3 Å². The molecule has 4 nitrogen and oxygen atoms in total. The van der Waals surface area contributed by atoms with E-state index < -0.39 is 0 Å². The second-order valence-electron chi connectivity index (χ2n) is 3.92. The summed E-state index contributed by atoms with van der Waals surface area (Å²) in [6.45, 7) is 0. The standard InChI is InChI=1S/C14H16N2O2/c15-18-14(13-8-4-10-17-13)7-2-1-5-12-6-3-9-16-11-12/h3-4,6-11H,1-2,5,15H2/b14-7-. The zero-order valence-electron chi connectivity index (χ0n) is 10.1. The average molecular weight is 244 g/mol. The number of hydrogen-bond acceptors (Lipinski definition) is 4. The molecule has 0 amide bonds. The van der Waals surface area contributed by atoms with Crippen molar-refractivity contribution < 1.29 is 9.25 Å². The highest BCUT2D eigenvalue weighted by molar-refractivity contribution is 5.54. The molecule has 0 saturated carbocycles. The number of nitrogens with two attached hydrogens (primary N) is 1. The zero-order valence-corrected chi connectivity index (χ0v) is 10.1. The highest BCUT2D eigenvalue weighted by Gasteiger charge is 2.04. The Morgan fingerprint density at radius 1 is 1.39 bits per heavy atom. The van der Waals surface area contributed by atoms with Gasteiger partial charge in [-0.1, -0.05) is 6.07 Å². The first kappa shape index (κ1) is 12.4. The van der Waals surface area contributed by atoms with Gasteiger partial charge in [0.15, 0.2) is 11.5 Å². The smallest absolute Gasteiger partial charge is 0.185 e. The summed E-state index contributed by atoms with van der Waals surface area (Å²) >= 11 is 0. The molecule has 2 heterocycles. The first-order chi connectivity index (χ1) is 8.90. The van der Waals surface area contributed by atoms with Gasteiger partial charge < -0.3 is 9.25 Å². The van der Waals surface area contributed by atoms with Crippen molar-refractivity contribution in [2.45, 2.75) is 19.3 Å². The molecular formula is C14H16N2O2. The van der Waals surface area contributed by atoms with Gasteiger partial charge in [-0.15, -0.1) is 0 Å². The van der Waals surface area contributed by atoms with Gasteiger partial charge in [-0.3, -0.25) is 4.98 Å². The van der Waals surface area contributed by atoms with Crippen molar-refractivity contribution in [2.75, 3.05) is 0 Å². The molecular weight excluding hydrogens is 228 g/mol. The van der Waals surface area contributed by atoms with Crippen LogP contribution in [-0.4, -0.2) is 4.98 Å². The molecule has 0 aliphatic rings. The second-order valence-corrected chi connectivity index (χ2v) is 3.92. The van der Waals surface area contributed by atoms with Crippen molar-refractivity contribution in [3.05, 3.63) is 60.3 Å². The maximum absolute atomic E-state index is 5.22. The van der Waals surface area contributed by atoms with Gasteiger partial charge in [0.25, 0.3) is 0 Å². The van der Waals surface area contributed by atoms with Gasteiger partial charge in [0.2, 0.25) is 0 Å². The zero-order chi connectivity index (χ0) is 12.6. The molecule has 4 heteroatoms. The van der Waals surface area contributed by atoms with Crippen molar-refractivity contribution in [3.8, 4) is 0 Å². The number of unbranched alkanes of at least 4 members (excludes halogenated alkanes) is 1. The molecule has 0 aromatic carbocycles. The molecule has 0 unspecified atom stereocenters. The Bertz CT molecular complexity index is 478. The Balaban J connectivity index is 1.83. The number of nitrogens with zero attached hydrogens (tertiary/aromatic N) is 1. The van der Waals surface area contributed by atoms with Crippen LogP contribution in [0.1, 0.15) is 24.2 Å². The van der Waals surface area contributed by atoms with Crippen LogP contribution in [0.4, 0.5) is 0 Å². The van der Waals surface area contributed by atoms with Crippen LogP contribution in [0.25, 0.3) is 5.76 Å². The minimum Gasteiger partial charge on any atom is -0.461 e. The highest BCUT2D eigenvalue weighted by Crippen LogP contribution is 2.16. The highest BCUT2D eigenvalue weighted by atomic mass is 16.6. The molecule has 0 radical (unpaired) electrons. The molecule has 2 aromatic heterocycles. The summed E-state index contributed by atoms with van der Waals surface area (Å²) < 4.78 is 5.22. The molecule has 0 saturated heterocycles. The summed E-state index contributed by atoms with van der Waals surface area (Å²) in [4.78, 5) is 8.88. The molecule has 0 spiro atoms. The topological polar surface area (TPSA) is 61.3 Å². The van der Waals surface area contributed by atoms with Crippen LogP contribution >= 0.6 is 0 Å². The third-order valence-corrected chi connectivity index (χ3v) is 2.61. The molecule has 0 aliphatic carbocycles. The van der Waals surface area contributed by atoms with E-state index in [9.17, 15) is 0 Å². The molecule has 0 fully saturated rings. The number of allylic oxidation sites excluding steroid dienone is 1. The van der Waals surface area contributed by atoms with E-state index in [2.05, 4.69) is 11.1 Å². The fraction of sp³-hybridized carbons (Fsp3) is 0.214. The minimum absolute atomic E-state index is 0.575. The van der Waals surface area contributed by atoms with E-state index >= 15 is 0 Å². The average Bonchev–Trinajstić information content (AvgIpc) is 2.94. The first-order valence-corrected chi connectivity index (χ1v) is 5.90. The van der Waals surface area contributed by atoms with Crippen LogP contribution in [0.3, 0.4) is 0 Å². The van der Waals surface area contributed by atoms with Crippen molar-refractivity contribution in [1.82, 2.24) is 4.98 Å². The van der Waals surface area contributed by atoms with Gasteiger partial charge in [-0.2, -0.15) is 5.90 Å². The number of pyridine rings is 1. The Hall–Kier alpha value is -2.07. The Kier molecular flexibility index (Phi) is 4.55. The van der Waals surface area contributed by atoms with Crippen LogP contribution in [-0.2, 0) is 11.3 Å². The molecule has 0 atom stereocenters. The summed E-state index contributed by atoms with van der Waals surface area (Å²) in [5.41, 5.74) is 1.24. The van der Waals surface area contributed by atoms with E-state index in [1.165, 1.54) is 5.56 Å². The van der Waals surface area contributed by atoms with Crippen molar-refractivity contribution in [3.63, 3.8) is 0 Å². The second kappa shape index (κ2) is 6.61. The van der Waals surface area contributed by atoms with E-state index in [-0.39, 0.29) is 0 Å². The van der Waals surface area contributed by atoms with Gasteiger partial charge in [0.1, 0.15) is 0 Å². The molecule has 0 aliphatic heterocycles. The van der Waals surface area contributed by atoms with E-state index in [0.29, 0.717) is 11.5 Å². The fourth-order valence-electron chi connectivity index (χ4n) is 1.71. The maximum Gasteiger partial charge on any atom is 0.185 e. The number of furan rings is 1. The lowest BCUT2D eigenvalue weighted by atomic mass is 10.1. The van der Waals surface area contributed by atoms with Gasteiger partial charge in [-0.25, -0.2) is 0 Å². The minimum atomic E-state index is 0.575. The third-order valence-electron chi connectivity index (χ3n) is 2.61. The van der Waals surface area contributed by atoms with E-state index in [4.69, 9.17) is 15.2 Å². The lowest BCUT2D eigenvalue weighted by Gasteiger charge is -2.02. The first-order valence-electron chi connectivity index (χ1n) is 5.90. The van der Waals surface area contributed by atoms with Gasteiger partial charge in [0, 0.05) is 12.4 Å². The van der Waals surface area contributed by atoms with Crippen molar-refractivity contribution >= 4 is 5.76 Å². The molecule has 2 aromatic rings. The summed E-state index contributed by atoms with van der Waals surface area (Å²) in [5, 5.41) is 0. The third kappa shape index (κ3) is 3.46. The Labute approximate surface area is 106 Å². The van der Waals surface area contributed by atoms with Crippen LogP contribution in [0.5, 0.6) is 0 Å². The number of hydrogen-bond donors (Lipinski definition) is 1. The van der Waals surface area contributed by atoms with E-state index in [1.54, 1.807) is 18.5 Å². The SMILES string of the molecule is NO/C(=C\CCCc1cccnc1)c1ccco1.